The van der Waals surface area contributed by atoms with Crippen molar-refractivity contribution in [3.05, 3.63) is 41.1 Å². The largest absolute Gasteiger partial charge is 0.384 e. The van der Waals surface area contributed by atoms with E-state index in [1.54, 1.807) is 12.3 Å². The quantitative estimate of drug-likeness (QED) is 0.896. The Labute approximate surface area is 123 Å². The Morgan fingerprint density at radius 3 is 2.90 bits per heavy atom. The number of rotatable bonds is 4. The third-order valence-corrected chi connectivity index (χ3v) is 3.78. The van der Waals surface area contributed by atoms with Gasteiger partial charge < -0.3 is 15.6 Å². The second-order valence-corrected chi connectivity index (χ2v) is 5.47. The Morgan fingerprint density at radius 1 is 1.48 bits per heavy atom. The lowest BCUT2D eigenvalue weighted by Crippen LogP contribution is -2.24. The van der Waals surface area contributed by atoms with Gasteiger partial charge in [-0.3, -0.25) is 4.79 Å². The lowest BCUT2D eigenvalue weighted by molar-refractivity contribution is 0.0949. The van der Waals surface area contributed by atoms with Crippen LogP contribution in [0, 0.1) is 13.8 Å². The monoisotopic (exact) mass is 285 g/mol. The van der Waals surface area contributed by atoms with E-state index >= 15 is 0 Å². The maximum atomic E-state index is 12.3. The molecule has 2 aromatic rings. The molecular weight excluding hydrogens is 266 g/mol. The fourth-order valence-electron chi connectivity index (χ4n) is 2.66. The van der Waals surface area contributed by atoms with Crippen LogP contribution in [0.5, 0.6) is 0 Å². The molecule has 1 amide bonds. The molecule has 0 unspecified atom stereocenters. The number of nitrogens with two attached hydrogens (primary N) is 1. The van der Waals surface area contributed by atoms with Gasteiger partial charge in [0.05, 0.1) is 12.1 Å². The van der Waals surface area contributed by atoms with E-state index < -0.39 is 0 Å². The molecule has 0 spiro atoms. The Bertz CT molecular complexity index is 687. The van der Waals surface area contributed by atoms with Crippen LogP contribution in [0.3, 0.4) is 0 Å². The van der Waals surface area contributed by atoms with Gasteiger partial charge in [0.1, 0.15) is 11.6 Å². The van der Waals surface area contributed by atoms with Crippen LogP contribution in [0.25, 0.3) is 0 Å². The average Bonchev–Trinajstić information content (AvgIpc) is 3.22. The van der Waals surface area contributed by atoms with Crippen molar-refractivity contribution >= 4 is 11.7 Å². The molecule has 1 saturated carbocycles. The number of hydrogen-bond acceptors (Lipinski definition) is 4. The number of nitrogen functional groups attached to an aromatic ring is 1. The molecule has 0 aliphatic heterocycles. The fourth-order valence-corrected chi connectivity index (χ4v) is 2.66. The maximum absolute atomic E-state index is 12.3. The highest BCUT2D eigenvalue weighted by molar-refractivity contribution is 5.95. The van der Waals surface area contributed by atoms with Crippen LogP contribution in [0.4, 0.5) is 5.82 Å². The number of hydrogen-bond donors (Lipinski definition) is 2. The number of nitrogens with zero attached hydrogens (tertiary/aromatic N) is 3. The molecule has 1 fully saturated rings. The van der Waals surface area contributed by atoms with E-state index in [1.807, 2.05) is 19.9 Å². The van der Waals surface area contributed by atoms with Crippen molar-refractivity contribution in [2.45, 2.75) is 39.3 Å². The normalized spacial score (nSPS) is 14.2. The topological polar surface area (TPSA) is 85.8 Å². The van der Waals surface area contributed by atoms with Crippen molar-refractivity contribution < 1.29 is 4.79 Å². The minimum Gasteiger partial charge on any atom is -0.384 e. The van der Waals surface area contributed by atoms with Crippen LogP contribution in [0.1, 0.15) is 46.5 Å². The Balaban J connectivity index is 1.72. The highest BCUT2D eigenvalue weighted by Crippen LogP contribution is 2.38. The molecule has 0 saturated heterocycles. The van der Waals surface area contributed by atoms with Gasteiger partial charge in [0.25, 0.3) is 5.91 Å². The van der Waals surface area contributed by atoms with Crippen LogP contribution in [0.15, 0.2) is 18.3 Å². The first kappa shape index (κ1) is 13.6. The van der Waals surface area contributed by atoms with E-state index in [0.717, 1.165) is 17.0 Å². The molecule has 0 radical (unpaired) electrons. The highest BCUT2D eigenvalue weighted by Gasteiger charge is 2.28. The molecule has 0 atom stereocenters. The third kappa shape index (κ3) is 2.74. The standard InChI is InChI=1S/C15H19N5O/c1-9-7-12(10(2)20(9)11-3-4-11)15(21)18-8-14-17-6-5-13(16)19-14/h5-7,11H,3-4,8H2,1-2H3,(H,18,21)(H2,16,17,19). The van der Waals surface area contributed by atoms with Crippen LogP contribution in [-0.4, -0.2) is 20.4 Å². The predicted octanol–water partition coefficient (Wildman–Crippen LogP) is 1.74. The number of amides is 1. The number of nitrogens with one attached hydrogen (secondary N) is 1. The third-order valence-electron chi connectivity index (χ3n) is 3.78. The number of carbonyl (C=O) groups is 1. The van der Waals surface area contributed by atoms with Crippen molar-refractivity contribution in [3.8, 4) is 0 Å². The van der Waals surface area contributed by atoms with E-state index in [2.05, 4.69) is 19.9 Å². The zero-order valence-corrected chi connectivity index (χ0v) is 12.3. The highest BCUT2D eigenvalue weighted by atomic mass is 16.1. The molecule has 1 aliphatic rings. The Morgan fingerprint density at radius 2 is 2.24 bits per heavy atom. The van der Waals surface area contributed by atoms with Crippen molar-refractivity contribution in [1.29, 1.82) is 0 Å². The van der Waals surface area contributed by atoms with Crippen LogP contribution < -0.4 is 11.1 Å². The number of anilines is 1. The fraction of sp³-hybridized carbons (Fsp3) is 0.400. The zero-order chi connectivity index (χ0) is 15.0. The van der Waals surface area contributed by atoms with Gasteiger partial charge in [-0.1, -0.05) is 0 Å². The molecule has 0 aromatic carbocycles. The van der Waals surface area contributed by atoms with Gasteiger partial charge in [-0.25, -0.2) is 9.97 Å². The number of aryl methyl sites for hydroxylation is 1. The van der Waals surface area contributed by atoms with Crippen LogP contribution >= 0.6 is 0 Å². The van der Waals surface area contributed by atoms with E-state index in [4.69, 9.17) is 5.73 Å². The minimum absolute atomic E-state index is 0.0963. The van der Waals surface area contributed by atoms with Crippen LogP contribution in [-0.2, 0) is 6.54 Å². The maximum Gasteiger partial charge on any atom is 0.253 e. The smallest absolute Gasteiger partial charge is 0.253 e. The molecule has 2 aromatic heterocycles. The Kier molecular flexibility index (Phi) is 3.37. The summed E-state index contributed by atoms with van der Waals surface area (Å²) >= 11 is 0. The Hall–Kier alpha value is -2.37. The van der Waals surface area contributed by atoms with E-state index in [0.29, 0.717) is 17.7 Å². The molecule has 3 N–H and O–H groups in total. The van der Waals surface area contributed by atoms with Gasteiger partial charge in [-0.2, -0.15) is 0 Å². The average molecular weight is 285 g/mol. The van der Waals surface area contributed by atoms with Gasteiger partial charge in [-0.05, 0) is 38.8 Å². The summed E-state index contributed by atoms with van der Waals surface area (Å²) in [5, 5.41) is 2.85. The van der Waals surface area contributed by atoms with E-state index in [1.165, 1.54) is 12.8 Å². The van der Waals surface area contributed by atoms with Crippen molar-refractivity contribution in [2.75, 3.05) is 5.73 Å². The lowest BCUT2D eigenvalue weighted by atomic mass is 10.2. The predicted molar refractivity (Wildman–Crippen MR) is 79.8 cm³/mol. The molecule has 110 valence electrons. The van der Waals surface area contributed by atoms with Gasteiger partial charge in [0.15, 0.2) is 0 Å². The summed E-state index contributed by atoms with van der Waals surface area (Å²) < 4.78 is 2.26. The van der Waals surface area contributed by atoms with Crippen molar-refractivity contribution in [3.63, 3.8) is 0 Å². The second kappa shape index (κ2) is 5.20. The molecule has 21 heavy (non-hydrogen) atoms. The van der Waals surface area contributed by atoms with Gasteiger partial charge in [0, 0.05) is 23.6 Å². The molecule has 0 bridgehead atoms. The summed E-state index contributed by atoms with van der Waals surface area (Å²) in [5.41, 5.74) is 8.49. The van der Waals surface area contributed by atoms with Crippen molar-refractivity contribution in [2.24, 2.45) is 0 Å². The lowest BCUT2D eigenvalue weighted by Gasteiger charge is -2.08. The summed E-state index contributed by atoms with van der Waals surface area (Å²) in [5.74, 6) is 0.821. The van der Waals surface area contributed by atoms with Gasteiger partial charge in [0.2, 0.25) is 0 Å². The molecule has 3 rings (SSSR count). The molecule has 6 nitrogen and oxygen atoms in total. The summed E-state index contributed by atoms with van der Waals surface area (Å²) in [4.78, 5) is 20.5. The molecule has 1 aliphatic carbocycles. The van der Waals surface area contributed by atoms with E-state index in [-0.39, 0.29) is 12.5 Å². The zero-order valence-electron chi connectivity index (χ0n) is 12.3. The summed E-state index contributed by atoms with van der Waals surface area (Å²) in [6.45, 7) is 4.32. The minimum atomic E-state index is -0.0963. The number of aromatic nitrogens is 3. The molecule has 2 heterocycles. The summed E-state index contributed by atoms with van der Waals surface area (Å²) in [6, 6.07) is 4.14. The SMILES string of the molecule is Cc1cc(C(=O)NCc2nccc(N)n2)c(C)n1C1CC1. The summed E-state index contributed by atoms with van der Waals surface area (Å²) in [7, 11) is 0. The second-order valence-electron chi connectivity index (χ2n) is 5.47. The summed E-state index contributed by atoms with van der Waals surface area (Å²) in [6.07, 6.45) is 3.99. The molecule has 6 heteroatoms. The van der Waals surface area contributed by atoms with Crippen molar-refractivity contribution in [1.82, 2.24) is 19.9 Å². The van der Waals surface area contributed by atoms with Gasteiger partial charge in [-0.15, -0.1) is 0 Å². The number of carbonyl (C=O) groups excluding carboxylic acids is 1. The van der Waals surface area contributed by atoms with Gasteiger partial charge >= 0.3 is 0 Å². The first-order chi connectivity index (χ1) is 10.1. The van der Waals surface area contributed by atoms with Crippen LogP contribution in [0.2, 0.25) is 0 Å². The first-order valence-corrected chi connectivity index (χ1v) is 7.10. The first-order valence-electron chi connectivity index (χ1n) is 7.10. The molecular formula is C15H19N5O. The van der Waals surface area contributed by atoms with E-state index in [9.17, 15) is 4.79 Å².